The molecule has 0 spiro atoms. The Kier molecular flexibility index (Phi) is 7.56. The van der Waals surface area contributed by atoms with E-state index in [4.69, 9.17) is 0 Å². The van der Waals surface area contributed by atoms with Crippen molar-refractivity contribution in [1.29, 1.82) is 0 Å². The fourth-order valence-electron chi connectivity index (χ4n) is 3.20. The molecule has 3 N–H and O–H groups in total. The van der Waals surface area contributed by atoms with E-state index in [9.17, 15) is 9.59 Å². The molecular formula is C21H29N7O2. The third-order valence-corrected chi connectivity index (χ3v) is 5.01. The lowest BCUT2D eigenvalue weighted by Crippen LogP contribution is -2.49. The number of amides is 3. The van der Waals surface area contributed by atoms with E-state index in [-0.39, 0.29) is 11.9 Å². The fraction of sp³-hybridized carbons (Fsp3) is 0.429. The first-order valence-corrected chi connectivity index (χ1v) is 10.2. The fourth-order valence-corrected chi connectivity index (χ4v) is 3.20. The SMILES string of the molecule is CCC(=O)Nc1ccc(C)c(NC(=O)NCCN2CCN(c3ncccn3)CC2)c1. The summed E-state index contributed by atoms with van der Waals surface area (Å²) in [6.45, 7) is 8.58. The van der Waals surface area contributed by atoms with Gasteiger partial charge in [0, 0.05) is 69.5 Å². The van der Waals surface area contributed by atoms with E-state index in [2.05, 4.69) is 35.7 Å². The molecule has 0 radical (unpaired) electrons. The summed E-state index contributed by atoms with van der Waals surface area (Å²) in [4.78, 5) is 36.9. The van der Waals surface area contributed by atoms with Gasteiger partial charge in [-0.2, -0.15) is 0 Å². The van der Waals surface area contributed by atoms with E-state index in [0.29, 0.717) is 24.3 Å². The summed E-state index contributed by atoms with van der Waals surface area (Å²) in [5, 5.41) is 8.57. The average molecular weight is 412 g/mol. The van der Waals surface area contributed by atoms with Crippen LogP contribution in [0.2, 0.25) is 0 Å². The molecule has 2 heterocycles. The van der Waals surface area contributed by atoms with Gasteiger partial charge in [0.2, 0.25) is 11.9 Å². The van der Waals surface area contributed by atoms with Crippen molar-refractivity contribution < 1.29 is 9.59 Å². The number of anilines is 3. The van der Waals surface area contributed by atoms with Gasteiger partial charge in [0.15, 0.2) is 0 Å². The molecule has 1 aliphatic heterocycles. The molecule has 0 bridgehead atoms. The second kappa shape index (κ2) is 10.5. The minimum Gasteiger partial charge on any atom is -0.338 e. The third kappa shape index (κ3) is 6.15. The van der Waals surface area contributed by atoms with Crippen molar-refractivity contribution in [2.75, 3.05) is 54.8 Å². The van der Waals surface area contributed by atoms with Crippen LogP contribution in [-0.4, -0.2) is 66.1 Å². The summed E-state index contributed by atoms with van der Waals surface area (Å²) in [6.07, 6.45) is 3.92. The normalized spacial score (nSPS) is 14.3. The molecule has 1 aromatic carbocycles. The van der Waals surface area contributed by atoms with E-state index >= 15 is 0 Å². The highest BCUT2D eigenvalue weighted by Crippen LogP contribution is 2.20. The van der Waals surface area contributed by atoms with Crippen molar-refractivity contribution in [2.24, 2.45) is 0 Å². The number of nitrogens with one attached hydrogen (secondary N) is 3. The first-order valence-electron chi connectivity index (χ1n) is 10.2. The van der Waals surface area contributed by atoms with Gasteiger partial charge in [-0.1, -0.05) is 13.0 Å². The van der Waals surface area contributed by atoms with Gasteiger partial charge in [-0.25, -0.2) is 14.8 Å². The molecule has 9 nitrogen and oxygen atoms in total. The maximum absolute atomic E-state index is 12.3. The second-order valence-electron chi connectivity index (χ2n) is 7.19. The first kappa shape index (κ1) is 21.5. The molecule has 160 valence electrons. The molecule has 0 aliphatic carbocycles. The number of rotatable bonds is 7. The molecule has 3 amide bonds. The van der Waals surface area contributed by atoms with E-state index in [1.807, 2.05) is 25.1 Å². The van der Waals surface area contributed by atoms with Crippen molar-refractivity contribution in [2.45, 2.75) is 20.3 Å². The zero-order chi connectivity index (χ0) is 21.3. The smallest absolute Gasteiger partial charge is 0.319 e. The Labute approximate surface area is 176 Å². The van der Waals surface area contributed by atoms with Gasteiger partial charge in [0.1, 0.15) is 0 Å². The lowest BCUT2D eigenvalue weighted by atomic mass is 10.2. The van der Waals surface area contributed by atoms with E-state index in [1.54, 1.807) is 25.4 Å². The lowest BCUT2D eigenvalue weighted by Gasteiger charge is -2.34. The quantitative estimate of drug-likeness (QED) is 0.645. The number of benzene rings is 1. The van der Waals surface area contributed by atoms with Gasteiger partial charge in [0.25, 0.3) is 0 Å². The zero-order valence-electron chi connectivity index (χ0n) is 17.5. The van der Waals surface area contributed by atoms with E-state index < -0.39 is 0 Å². The van der Waals surface area contributed by atoms with Crippen LogP contribution in [0.25, 0.3) is 0 Å². The highest BCUT2D eigenvalue weighted by atomic mass is 16.2. The van der Waals surface area contributed by atoms with Crippen LogP contribution in [0, 0.1) is 6.92 Å². The molecule has 0 saturated carbocycles. The third-order valence-electron chi connectivity index (χ3n) is 5.01. The molecule has 1 aromatic heterocycles. The Morgan fingerprint density at radius 1 is 1.07 bits per heavy atom. The predicted molar refractivity (Wildman–Crippen MR) is 118 cm³/mol. The highest BCUT2D eigenvalue weighted by molar-refractivity contribution is 5.94. The maximum atomic E-state index is 12.3. The summed E-state index contributed by atoms with van der Waals surface area (Å²) in [5.41, 5.74) is 2.28. The van der Waals surface area contributed by atoms with Gasteiger partial charge >= 0.3 is 6.03 Å². The topological polar surface area (TPSA) is 102 Å². The van der Waals surface area contributed by atoms with E-state index in [0.717, 1.165) is 44.2 Å². The van der Waals surface area contributed by atoms with E-state index in [1.165, 1.54) is 0 Å². The number of carbonyl (C=O) groups is 2. The molecule has 9 heteroatoms. The molecule has 1 fully saturated rings. The molecule has 30 heavy (non-hydrogen) atoms. The summed E-state index contributed by atoms with van der Waals surface area (Å²) in [7, 11) is 0. The van der Waals surface area contributed by atoms with Crippen molar-refractivity contribution in [1.82, 2.24) is 20.2 Å². The van der Waals surface area contributed by atoms with Crippen LogP contribution in [0.1, 0.15) is 18.9 Å². The molecule has 2 aromatic rings. The Bertz CT molecular complexity index is 852. The number of carbonyl (C=O) groups excluding carboxylic acids is 2. The number of aromatic nitrogens is 2. The number of urea groups is 1. The number of hydrogen-bond acceptors (Lipinski definition) is 6. The minimum absolute atomic E-state index is 0.0619. The van der Waals surface area contributed by atoms with Crippen LogP contribution in [0.5, 0.6) is 0 Å². The lowest BCUT2D eigenvalue weighted by molar-refractivity contribution is -0.115. The van der Waals surface area contributed by atoms with Crippen LogP contribution in [0.4, 0.5) is 22.1 Å². The predicted octanol–water partition coefficient (Wildman–Crippen LogP) is 2.08. The number of piperazine rings is 1. The van der Waals surface area contributed by atoms with Crippen molar-refractivity contribution >= 4 is 29.3 Å². The van der Waals surface area contributed by atoms with Gasteiger partial charge in [0.05, 0.1) is 0 Å². The zero-order valence-corrected chi connectivity index (χ0v) is 17.5. The monoisotopic (exact) mass is 411 g/mol. The first-order chi connectivity index (χ1) is 14.5. The molecule has 1 saturated heterocycles. The Morgan fingerprint density at radius 3 is 2.50 bits per heavy atom. The van der Waals surface area contributed by atoms with Crippen LogP contribution in [0.15, 0.2) is 36.7 Å². The second-order valence-corrected chi connectivity index (χ2v) is 7.19. The Hall–Kier alpha value is -3.20. The summed E-state index contributed by atoms with van der Waals surface area (Å²) >= 11 is 0. The Morgan fingerprint density at radius 2 is 1.80 bits per heavy atom. The van der Waals surface area contributed by atoms with Crippen LogP contribution in [-0.2, 0) is 4.79 Å². The number of aryl methyl sites for hydroxylation is 1. The van der Waals surface area contributed by atoms with Crippen LogP contribution >= 0.6 is 0 Å². The standard InChI is InChI=1S/C21H29N7O2/c1-3-19(29)25-17-6-5-16(2)18(15-17)26-21(30)24-9-10-27-11-13-28(14-12-27)20-22-7-4-8-23-20/h4-8,15H,3,9-14H2,1-2H3,(H,25,29)(H2,24,26,30). The maximum Gasteiger partial charge on any atom is 0.319 e. The molecule has 0 unspecified atom stereocenters. The largest absolute Gasteiger partial charge is 0.338 e. The van der Waals surface area contributed by atoms with Gasteiger partial charge in [-0.15, -0.1) is 0 Å². The number of nitrogens with zero attached hydrogens (tertiary/aromatic N) is 4. The van der Waals surface area contributed by atoms with Crippen LogP contribution in [0.3, 0.4) is 0 Å². The minimum atomic E-state index is -0.256. The summed E-state index contributed by atoms with van der Waals surface area (Å²) < 4.78 is 0. The summed E-state index contributed by atoms with van der Waals surface area (Å²) in [6, 6.07) is 7.03. The van der Waals surface area contributed by atoms with Crippen LogP contribution < -0.4 is 20.9 Å². The molecule has 0 atom stereocenters. The van der Waals surface area contributed by atoms with Crippen molar-refractivity contribution in [3.63, 3.8) is 0 Å². The van der Waals surface area contributed by atoms with Crippen molar-refractivity contribution in [3.05, 3.63) is 42.2 Å². The van der Waals surface area contributed by atoms with Gasteiger partial charge in [-0.3, -0.25) is 9.69 Å². The number of hydrogen-bond donors (Lipinski definition) is 3. The highest BCUT2D eigenvalue weighted by Gasteiger charge is 2.18. The summed E-state index contributed by atoms with van der Waals surface area (Å²) in [5.74, 6) is 0.704. The molecular weight excluding hydrogens is 382 g/mol. The Balaban J connectivity index is 1.40. The average Bonchev–Trinajstić information content (AvgIpc) is 2.77. The molecule has 3 rings (SSSR count). The van der Waals surface area contributed by atoms with Gasteiger partial charge < -0.3 is 20.9 Å². The van der Waals surface area contributed by atoms with Crippen molar-refractivity contribution in [3.8, 4) is 0 Å². The van der Waals surface area contributed by atoms with Gasteiger partial charge in [-0.05, 0) is 30.7 Å². The molecule has 1 aliphatic rings.